The van der Waals surface area contributed by atoms with Crippen LogP contribution in [0.25, 0.3) is 11.0 Å². The lowest BCUT2D eigenvalue weighted by Crippen LogP contribution is -2.37. The SMILES string of the molecule is Cn1c(=O)n(C2CCCNC2)c2cccc(C#C[C@@H]3CNCCO3)c21. The van der Waals surface area contributed by atoms with Gasteiger partial charge in [0.1, 0.15) is 6.10 Å². The number of nitrogens with one attached hydrogen (secondary N) is 2. The van der Waals surface area contributed by atoms with Gasteiger partial charge in [-0.3, -0.25) is 9.13 Å². The maximum Gasteiger partial charge on any atom is 0.329 e. The summed E-state index contributed by atoms with van der Waals surface area (Å²) < 4.78 is 9.31. The molecule has 0 radical (unpaired) electrons. The van der Waals surface area contributed by atoms with Crippen LogP contribution in [0.3, 0.4) is 0 Å². The van der Waals surface area contributed by atoms with Crippen LogP contribution < -0.4 is 16.3 Å². The number of rotatable bonds is 1. The van der Waals surface area contributed by atoms with Crippen molar-refractivity contribution in [1.29, 1.82) is 0 Å². The molecule has 1 aromatic heterocycles. The second-order valence-corrected chi connectivity index (χ2v) is 6.72. The Labute approximate surface area is 147 Å². The fraction of sp³-hybridized carbons (Fsp3) is 0.526. The molecule has 6 nitrogen and oxygen atoms in total. The molecule has 2 fully saturated rings. The van der Waals surface area contributed by atoms with E-state index in [0.717, 1.165) is 55.6 Å². The van der Waals surface area contributed by atoms with Crippen LogP contribution in [0, 0.1) is 11.8 Å². The Morgan fingerprint density at radius 1 is 1.24 bits per heavy atom. The highest BCUT2D eigenvalue weighted by atomic mass is 16.5. The van der Waals surface area contributed by atoms with Gasteiger partial charge in [-0.05, 0) is 31.5 Å². The Kier molecular flexibility index (Phi) is 4.62. The summed E-state index contributed by atoms with van der Waals surface area (Å²) in [4.78, 5) is 12.9. The monoisotopic (exact) mass is 340 g/mol. The maximum atomic E-state index is 12.9. The standard InChI is InChI=1S/C19H24N4O2/c1-22-18-14(7-8-16-13-21-10-11-25-16)4-2-6-17(18)23(19(22)24)15-5-3-9-20-12-15/h2,4,6,15-16,20-21H,3,5,9-13H2,1H3/t15?,16-/m1/s1. The number of imidazole rings is 1. The minimum atomic E-state index is -0.0920. The zero-order valence-electron chi connectivity index (χ0n) is 14.5. The van der Waals surface area contributed by atoms with Crippen molar-refractivity contribution in [3.05, 3.63) is 34.2 Å². The molecule has 1 unspecified atom stereocenters. The van der Waals surface area contributed by atoms with Crippen LogP contribution in [0.1, 0.15) is 24.4 Å². The molecule has 0 spiro atoms. The Hall–Kier alpha value is -2.07. The quantitative estimate of drug-likeness (QED) is 0.747. The van der Waals surface area contributed by atoms with Gasteiger partial charge in [0.2, 0.25) is 0 Å². The van der Waals surface area contributed by atoms with Crippen molar-refractivity contribution in [3.8, 4) is 11.8 Å². The Bertz CT molecular complexity index is 874. The molecule has 25 heavy (non-hydrogen) atoms. The van der Waals surface area contributed by atoms with Gasteiger partial charge in [0.05, 0.1) is 29.2 Å². The minimum absolute atomic E-state index is 0.0357. The predicted octanol–water partition coefficient (Wildman–Crippen LogP) is 0.604. The van der Waals surface area contributed by atoms with Crippen molar-refractivity contribution >= 4 is 11.0 Å². The van der Waals surface area contributed by atoms with E-state index in [-0.39, 0.29) is 17.8 Å². The van der Waals surface area contributed by atoms with Gasteiger partial charge in [0.15, 0.2) is 0 Å². The molecule has 3 heterocycles. The first-order chi connectivity index (χ1) is 12.3. The largest absolute Gasteiger partial charge is 0.363 e. The zero-order valence-corrected chi connectivity index (χ0v) is 14.5. The number of morpholine rings is 1. The lowest BCUT2D eigenvalue weighted by molar-refractivity contribution is 0.0651. The number of hydrogen-bond acceptors (Lipinski definition) is 4. The second kappa shape index (κ2) is 7.04. The third-order valence-electron chi connectivity index (χ3n) is 5.03. The fourth-order valence-corrected chi connectivity index (χ4v) is 3.76. The summed E-state index contributed by atoms with van der Waals surface area (Å²) in [6, 6.07) is 6.20. The normalized spacial score (nSPS) is 24.0. The molecule has 0 aliphatic carbocycles. The number of ether oxygens (including phenoxy) is 1. The molecule has 0 bridgehead atoms. The van der Waals surface area contributed by atoms with Gasteiger partial charge >= 0.3 is 5.69 Å². The highest BCUT2D eigenvalue weighted by Crippen LogP contribution is 2.23. The highest BCUT2D eigenvalue weighted by Gasteiger charge is 2.22. The summed E-state index contributed by atoms with van der Waals surface area (Å²) in [5.74, 6) is 6.43. The van der Waals surface area contributed by atoms with E-state index in [1.165, 1.54) is 0 Å². The molecule has 0 saturated carbocycles. The van der Waals surface area contributed by atoms with Crippen LogP contribution in [0.5, 0.6) is 0 Å². The molecule has 2 atom stereocenters. The van der Waals surface area contributed by atoms with Crippen molar-refractivity contribution in [2.45, 2.75) is 25.0 Å². The molecule has 2 aliphatic heterocycles. The van der Waals surface area contributed by atoms with E-state index in [0.29, 0.717) is 6.61 Å². The van der Waals surface area contributed by atoms with Crippen LogP contribution in [0.15, 0.2) is 23.0 Å². The molecule has 2 N–H and O–H groups in total. The molecule has 2 saturated heterocycles. The topological polar surface area (TPSA) is 60.2 Å². The molecule has 0 amide bonds. The number of benzene rings is 1. The number of aryl methyl sites for hydroxylation is 1. The van der Waals surface area contributed by atoms with Crippen molar-refractivity contribution < 1.29 is 4.74 Å². The molecule has 2 aliphatic rings. The van der Waals surface area contributed by atoms with Gasteiger partial charge in [-0.1, -0.05) is 17.9 Å². The first kappa shape index (κ1) is 16.4. The van der Waals surface area contributed by atoms with E-state index < -0.39 is 0 Å². The molecule has 6 heteroatoms. The van der Waals surface area contributed by atoms with E-state index in [9.17, 15) is 4.79 Å². The summed E-state index contributed by atoms with van der Waals surface area (Å²) in [6.07, 6.45) is 2.04. The summed E-state index contributed by atoms with van der Waals surface area (Å²) in [5.41, 5.74) is 2.80. The summed E-state index contributed by atoms with van der Waals surface area (Å²) in [7, 11) is 1.83. The average molecular weight is 340 g/mol. The van der Waals surface area contributed by atoms with Crippen LogP contribution in [0.2, 0.25) is 0 Å². The number of fused-ring (bicyclic) bond motifs is 1. The predicted molar refractivity (Wildman–Crippen MR) is 97.8 cm³/mol. The molecular weight excluding hydrogens is 316 g/mol. The first-order valence-electron chi connectivity index (χ1n) is 9.00. The Morgan fingerprint density at radius 3 is 2.88 bits per heavy atom. The zero-order chi connectivity index (χ0) is 17.2. The third kappa shape index (κ3) is 3.11. The van der Waals surface area contributed by atoms with Crippen molar-refractivity contribution in [2.75, 3.05) is 32.8 Å². The molecule has 4 rings (SSSR count). The van der Waals surface area contributed by atoms with Gasteiger partial charge in [0, 0.05) is 26.7 Å². The Morgan fingerprint density at radius 2 is 2.12 bits per heavy atom. The van der Waals surface area contributed by atoms with E-state index in [2.05, 4.69) is 22.5 Å². The lowest BCUT2D eigenvalue weighted by Gasteiger charge is -2.24. The average Bonchev–Trinajstić information content (AvgIpc) is 2.93. The fourth-order valence-electron chi connectivity index (χ4n) is 3.76. The molecule has 132 valence electrons. The van der Waals surface area contributed by atoms with Crippen LogP contribution in [0.4, 0.5) is 0 Å². The molecular formula is C19H24N4O2. The van der Waals surface area contributed by atoms with Crippen molar-refractivity contribution in [1.82, 2.24) is 19.8 Å². The van der Waals surface area contributed by atoms with Crippen molar-refractivity contribution in [2.24, 2.45) is 7.05 Å². The highest BCUT2D eigenvalue weighted by molar-refractivity contribution is 5.83. The number of para-hydroxylation sites is 1. The molecule has 2 aromatic rings. The maximum absolute atomic E-state index is 12.9. The number of hydrogen-bond donors (Lipinski definition) is 2. The Balaban J connectivity index is 1.77. The number of nitrogens with zero attached hydrogens (tertiary/aromatic N) is 2. The van der Waals surface area contributed by atoms with Crippen LogP contribution >= 0.6 is 0 Å². The summed E-state index contributed by atoms with van der Waals surface area (Å²) in [6.45, 7) is 4.18. The molecule has 1 aromatic carbocycles. The van der Waals surface area contributed by atoms with Gasteiger partial charge in [0.25, 0.3) is 0 Å². The second-order valence-electron chi connectivity index (χ2n) is 6.72. The van der Waals surface area contributed by atoms with Crippen molar-refractivity contribution in [3.63, 3.8) is 0 Å². The van der Waals surface area contributed by atoms with E-state index in [1.54, 1.807) is 4.57 Å². The number of aromatic nitrogens is 2. The third-order valence-corrected chi connectivity index (χ3v) is 5.03. The van der Waals surface area contributed by atoms with E-state index in [1.807, 2.05) is 29.8 Å². The van der Waals surface area contributed by atoms with E-state index >= 15 is 0 Å². The summed E-state index contributed by atoms with van der Waals surface area (Å²) in [5, 5.41) is 6.68. The minimum Gasteiger partial charge on any atom is -0.363 e. The van der Waals surface area contributed by atoms with Crippen LogP contribution in [-0.2, 0) is 11.8 Å². The number of piperidine rings is 1. The van der Waals surface area contributed by atoms with Gasteiger partial charge in [-0.2, -0.15) is 0 Å². The summed E-state index contributed by atoms with van der Waals surface area (Å²) >= 11 is 0. The first-order valence-corrected chi connectivity index (χ1v) is 9.00. The van der Waals surface area contributed by atoms with Gasteiger partial charge in [-0.25, -0.2) is 4.79 Å². The van der Waals surface area contributed by atoms with Gasteiger partial charge in [-0.15, -0.1) is 0 Å². The van der Waals surface area contributed by atoms with Crippen LogP contribution in [-0.4, -0.2) is 48.0 Å². The smallest absolute Gasteiger partial charge is 0.329 e. The van der Waals surface area contributed by atoms with Gasteiger partial charge < -0.3 is 15.4 Å². The lowest BCUT2D eigenvalue weighted by atomic mass is 10.1. The van der Waals surface area contributed by atoms with E-state index in [4.69, 9.17) is 4.74 Å².